The van der Waals surface area contributed by atoms with E-state index in [1.807, 2.05) is 0 Å². The summed E-state index contributed by atoms with van der Waals surface area (Å²) in [5.74, 6) is 0.610. The van der Waals surface area contributed by atoms with Gasteiger partial charge in [0.1, 0.15) is 0 Å². The van der Waals surface area contributed by atoms with Crippen LogP contribution in [-0.4, -0.2) is 26.1 Å². The first-order valence-corrected chi connectivity index (χ1v) is 4.85. The van der Waals surface area contributed by atoms with Crippen molar-refractivity contribution in [3.05, 3.63) is 0 Å². The lowest BCUT2D eigenvalue weighted by Gasteiger charge is -2.09. The van der Waals surface area contributed by atoms with E-state index in [0.717, 1.165) is 19.3 Å². The Hall–Kier alpha value is -0.220. The third-order valence-electron chi connectivity index (χ3n) is 2.01. The van der Waals surface area contributed by atoms with E-state index in [2.05, 4.69) is 12.2 Å². The zero-order valence-corrected chi connectivity index (χ0v) is 8.23. The zero-order chi connectivity index (χ0) is 10.1. The van der Waals surface area contributed by atoms with Crippen molar-refractivity contribution in [1.82, 2.24) is 5.32 Å². The minimum absolute atomic E-state index is 0.189. The summed E-state index contributed by atoms with van der Waals surface area (Å²) in [5, 5.41) is 2.70. The number of hydrogen-bond acceptors (Lipinski definition) is 2. The molecule has 0 fully saturated rings. The first-order valence-electron chi connectivity index (χ1n) is 4.85. The van der Waals surface area contributed by atoms with Crippen molar-refractivity contribution in [3.8, 4) is 0 Å². The van der Waals surface area contributed by atoms with Gasteiger partial charge in [-0.25, -0.2) is 8.78 Å². The van der Waals surface area contributed by atoms with E-state index >= 15 is 0 Å². The molecule has 0 aromatic carbocycles. The molecule has 0 aliphatic heterocycles. The molecule has 0 saturated carbocycles. The molecule has 0 aliphatic rings. The standard InChI is InChI=1S/C9H20F2N2/c1-8(4-5-12)3-2-6-13-7-9(10)11/h8-9,13H,2-7,12H2,1H3. The summed E-state index contributed by atoms with van der Waals surface area (Å²) >= 11 is 0. The quantitative estimate of drug-likeness (QED) is 0.576. The normalized spacial score (nSPS) is 13.6. The molecular formula is C9H20F2N2. The van der Waals surface area contributed by atoms with Crippen LogP contribution in [0.25, 0.3) is 0 Å². The third kappa shape index (κ3) is 9.70. The van der Waals surface area contributed by atoms with Gasteiger partial charge in [0, 0.05) is 0 Å². The molecule has 0 amide bonds. The Morgan fingerprint density at radius 2 is 2.00 bits per heavy atom. The van der Waals surface area contributed by atoms with Gasteiger partial charge in [0.2, 0.25) is 0 Å². The topological polar surface area (TPSA) is 38.0 Å². The summed E-state index contributed by atoms with van der Waals surface area (Å²) in [6.45, 7) is 3.34. The van der Waals surface area contributed by atoms with E-state index in [4.69, 9.17) is 5.73 Å². The highest BCUT2D eigenvalue weighted by Crippen LogP contribution is 2.07. The lowest BCUT2D eigenvalue weighted by Crippen LogP contribution is -2.22. The van der Waals surface area contributed by atoms with Crippen LogP contribution in [0.3, 0.4) is 0 Å². The van der Waals surface area contributed by atoms with Crippen molar-refractivity contribution in [1.29, 1.82) is 0 Å². The first-order chi connectivity index (χ1) is 6.16. The minimum atomic E-state index is -2.23. The number of rotatable bonds is 8. The molecule has 0 spiro atoms. The van der Waals surface area contributed by atoms with Crippen LogP contribution in [0.15, 0.2) is 0 Å². The van der Waals surface area contributed by atoms with Gasteiger partial charge >= 0.3 is 0 Å². The summed E-state index contributed by atoms with van der Waals surface area (Å²) < 4.78 is 23.3. The highest BCUT2D eigenvalue weighted by Gasteiger charge is 2.02. The predicted octanol–water partition coefficient (Wildman–Crippen LogP) is 1.61. The number of nitrogens with one attached hydrogen (secondary N) is 1. The average Bonchev–Trinajstić information content (AvgIpc) is 2.03. The van der Waals surface area contributed by atoms with E-state index in [1.54, 1.807) is 0 Å². The van der Waals surface area contributed by atoms with Crippen LogP contribution in [0.5, 0.6) is 0 Å². The van der Waals surface area contributed by atoms with E-state index in [9.17, 15) is 8.78 Å². The molecule has 13 heavy (non-hydrogen) atoms. The van der Waals surface area contributed by atoms with Crippen LogP contribution in [-0.2, 0) is 0 Å². The zero-order valence-electron chi connectivity index (χ0n) is 8.23. The number of hydrogen-bond donors (Lipinski definition) is 2. The van der Waals surface area contributed by atoms with E-state index < -0.39 is 6.43 Å². The molecule has 0 heterocycles. The van der Waals surface area contributed by atoms with Gasteiger partial charge < -0.3 is 11.1 Å². The van der Waals surface area contributed by atoms with Gasteiger partial charge in [-0.05, 0) is 38.3 Å². The van der Waals surface area contributed by atoms with Gasteiger partial charge in [-0.1, -0.05) is 6.92 Å². The number of alkyl halides is 2. The molecule has 0 radical (unpaired) electrons. The Morgan fingerprint density at radius 1 is 1.31 bits per heavy atom. The second-order valence-electron chi connectivity index (χ2n) is 3.42. The second-order valence-corrected chi connectivity index (χ2v) is 3.42. The molecule has 0 bridgehead atoms. The summed E-state index contributed by atoms with van der Waals surface area (Å²) in [6, 6.07) is 0. The summed E-state index contributed by atoms with van der Waals surface area (Å²) in [5.41, 5.74) is 5.38. The Morgan fingerprint density at radius 3 is 2.54 bits per heavy atom. The van der Waals surface area contributed by atoms with E-state index in [0.29, 0.717) is 19.0 Å². The minimum Gasteiger partial charge on any atom is -0.330 e. The summed E-state index contributed by atoms with van der Waals surface area (Å²) in [6.07, 6.45) is 0.803. The Bertz CT molecular complexity index is 110. The van der Waals surface area contributed by atoms with Gasteiger partial charge in [-0.3, -0.25) is 0 Å². The second kappa shape index (κ2) is 8.38. The fourth-order valence-corrected chi connectivity index (χ4v) is 1.22. The van der Waals surface area contributed by atoms with Crippen LogP contribution < -0.4 is 11.1 Å². The van der Waals surface area contributed by atoms with Gasteiger partial charge in [0.05, 0.1) is 6.54 Å². The Labute approximate surface area is 78.9 Å². The molecule has 0 rings (SSSR count). The molecule has 0 aromatic rings. The van der Waals surface area contributed by atoms with Crippen molar-refractivity contribution < 1.29 is 8.78 Å². The largest absolute Gasteiger partial charge is 0.330 e. The number of nitrogens with two attached hydrogens (primary N) is 1. The smallest absolute Gasteiger partial charge is 0.250 e. The van der Waals surface area contributed by atoms with Crippen molar-refractivity contribution in [2.24, 2.45) is 11.7 Å². The molecule has 1 atom stereocenters. The lowest BCUT2D eigenvalue weighted by atomic mass is 10.0. The Balaban J connectivity index is 3.06. The van der Waals surface area contributed by atoms with Crippen LogP contribution in [0.1, 0.15) is 26.2 Å². The van der Waals surface area contributed by atoms with Gasteiger partial charge in [-0.2, -0.15) is 0 Å². The fourth-order valence-electron chi connectivity index (χ4n) is 1.22. The summed E-state index contributed by atoms with van der Waals surface area (Å²) in [4.78, 5) is 0. The molecular weight excluding hydrogens is 174 g/mol. The molecule has 0 aliphatic carbocycles. The van der Waals surface area contributed by atoms with Gasteiger partial charge in [-0.15, -0.1) is 0 Å². The maximum Gasteiger partial charge on any atom is 0.250 e. The lowest BCUT2D eigenvalue weighted by molar-refractivity contribution is 0.146. The van der Waals surface area contributed by atoms with Gasteiger partial charge in [0.15, 0.2) is 0 Å². The third-order valence-corrected chi connectivity index (χ3v) is 2.01. The predicted molar refractivity (Wildman–Crippen MR) is 50.9 cm³/mol. The van der Waals surface area contributed by atoms with Crippen LogP contribution in [0.2, 0.25) is 0 Å². The Kier molecular flexibility index (Phi) is 8.24. The monoisotopic (exact) mass is 194 g/mol. The van der Waals surface area contributed by atoms with E-state index in [-0.39, 0.29) is 6.54 Å². The molecule has 80 valence electrons. The SMILES string of the molecule is CC(CCN)CCCNCC(F)F. The maximum absolute atomic E-state index is 11.7. The highest BCUT2D eigenvalue weighted by atomic mass is 19.3. The highest BCUT2D eigenvalue weighted by molar-refractivity contribution is 4.56. The maximum atomic E-state index is 11.7. The van der Waals surface area contributed by atoms with Crippen molar-refractivity contribution >= 4 is 0 Å². The van der Waals surface area contributed by atoms with Crippen molar-refractivity contribution in [3.63, 3.8) is 0 Å². The summed E-state index contributed by atoms with van der Waals surface area (Å²) in [7, 11) is 0. The van der Waals surface area contributed by atoms with Crippen LogP contribution in [0.4, 0.5) is 8.78 Å². The van der Waals surface area contributed by atoms with Crippen molar-refractivity contribution in [2.45, 2.75) is 32.6 Å². The van der Waals surface area contributed by atoms with Gasteiger partial charge in [0.25, 0.3) is 6.43 Å². The molecule has 1 unspecified atom stereocenters. The first kappa shape index (κ1) is 12.8. The molecule has 4 heteroatoms. The fraction of sp³-hybridized carbons (Fsp3) is 1.00. The van der Waals surface area contributed by atoms with E-state index in [1.165, 1.54) is 0 Å². The molecule has 3 N–H and O–H groups in total. The molecule has 2 nitrogen and oxygen atoms in total. The number of halogens is 2. The average molecular weight is 194 g/mol. The van der Waals surface area contributed by atoms with Crippen LogP contribution >= 0.6 is 0 Å². The van der Waals surface area contributed by atoms with Crippen molar-refractivity contribution in [2.75, 3.05) is 19.6 Å². The molecule has 0 aromatic heterocycles. The molecule has 0 saturated heterocycles. The van der Waals surface area contributed by atoms with Crippen LogP contribution in [0, 0.1) is 5.92 Å².